The van der Waals surface area contributed by atoms with Crippen LogP contribution in [0.3, 0.4) is 0 Å². The third-order valence-electron chi connectivity index (χ3n) is 13.5. The van der Waals surface area contributed by atoms with Gasteiger partial charge in [-0.25, -0.2) is 0 Å². The lowest BCUT2D eigenvalue weighted by molar-refractivity contribution is 0.769. The van der Waals surface area contributed by atoms with Gasteiger partial charge in [-0.3, -0.25) is 0 Å². The second-order valence-electron chi connectivity index (χ2n) is 17.2. The smallest absolute Gasteiger partial charge is 0.0715 e. The first-order valence-corrected chi connectivity index (χ1v) is 23.1. The number of anilines is 6. The highest BCUT2D eigenvalue weighted by Gasteiger charge is 2.48. The molecule has 0 radical (unpaired) electrons. The van der Waals surface area contributed by atoms with E-state index >= 15 is 0 Å². The van der Waals surface area contributed by atoms with Crippen LogP contribution in [0.25, 0.3) is 44.2 Å². The maximum atomic E-state index is 2.51. The highest BCUT2D eigenvalue weighted by molar-refractivity contribution is 6.11. The van der Waals surface area contributed by atoms with Crippen LogP contribution in [-0.4, -0.2) is 0 Å². The third-order valence-corrected chi connectivity index (χ3v) is 13.5. The summed E-state index contributed by atoms with van der Waals surface area (Å²) in [4.78, 5) is 4.83. The molecule has 0 amide bonds. The van der Waals surface area contributed by atoms with Gasteiger partial charge < -0.3 is 9.80 Å². The van der Waals surface area contributed by atoms with Crippen molar-refractivity contribution in [2.75, 3.05) is 9.80 Å². The Morgan fingerprint density at radius 3 is 1.07 bits per heavy atom. The average Bonchev–Trinajstić information content (AvgIpc) is 3.71. The zero-order chi connectivity index (χ0) is 44.6. The minimum atomic E-state index is -0.748. The Morgan fingerprint density at radius 1 is 0.254 bits per heavy atom. The van der Waals surface area contributed by atoms with Gasteiger partial charge in [-0.1, -0.05) is 212 Å². The van der Waals surface area contributed by atoms with Gasteiger partial charge in [0.2, 0.25) is 0 Å². The summed E-state index contributed by atoms with van der Waals surface area (Å²) < 4.78 is 0. The molecular weight excluding hydrogens is 809 g/mol. The lowest BCUT2D eigenvalue weighted by Gasteiger charge is -2.36. The van der Waals surface area contributed by atoms with E-state index in [1.165, 1.54) is 66.4 Å². The summed E-state index contributed by atoms with van der Waals surface area (Å²) in [6.45, 7) is 0. The fraction of sp³-hybridized carbons (Fsp3) is 0.0154. The molecule has 0 heterocycles. The molecule has 2 heteroatoms. The molecule has 0 aliphatic heterocycles. The molecule has 0 N–H and O–H groups in total. The lowest BCUT2D eigenvalue weighted by Crippen LogP contribution is -2.29. The van der Waals surface area contributed by atoms with Crippen LogP contribution >= 0.6 is 0 Å². The number of rotatable bonds is 10. The van der Waals surface area contributed by atoms with Gasteiger partial charge in [0.15, 0.2) is 0 Å². The molecule has 0 fully saturated rings. The molecule has 2 nitrogen and oxygen atoms in total. The fourth-order valence-electron chi connectivity index (χ4n) is 10.5. The first-order valence-electron chi connectivity index (χ1n) is 23.1. The van der Waals surface area contributed by atoms with Crippen LogP contribution in [0.2, 0.25) is 0 Å². The van der Waals surface area contributed by atoms with Crippen LogP contribution in [0.1, 0.15) is 22.3 Å². The SMILES string of the molecule is c1ccc(-c2ccc(C3(c4ccc(-c5ccccc5)cc4)c4cc(N(c5ccccc5)c5ccccc5)ccc4-c4c3cc(N(c3ccccc3)c3ccccc3)c3ccccc43)cc2)cc1. The Labute approximate surface area is 393 Å². The van der Waals surface area contributed by atoms with Crippen molar-refractivity contribution in [3.8, 4) is 33.4 Å². The number of fused-ring (bicyclic) bond motifs is 5. The molecule has 11 aromatic rings. The Hall–Kier alpha value is -8.72. The van der Waals surface area contributed by atoms with Crippen molar-refractivity contribution >= 4 is 44.9 Å². The van der Waals surface area contributed by atoms with E-state index in [4.69, 9.17) is 0 Å². The largest absolute Gasteiger partial charge is 0.310 e. The predicted octanol–water partition coefficient (Wildman–Crippen LogP) is 17.5. The number of hydrogen-bond donors (Lipinski definition) is 0. The lowest BCUT2D eigenvalue weighted by atomic mass is 9.67. The van der Waals surface area contributed by atoms with E-state index in [0.29, 0.717) is 0 Å². The van der Waals surface area contributed by atoms with Crippen LogP contribution in [0.5, 0.6) is 0 Å². The summed E-state index contributed by atoms with van der Waals surface area (Å²) in [7, 11) is 0. The maximum absolute atomic E-state index is 2.51. The zero-order valence-electron chi connectivity index (χ0n) is 37.0. The van der Waals surface area contributed by atoms with E-state index in [2.05, 4.69) is 289 Å². The van der Waals surface area contributed by atoms with Crippen molar-refractivity contribution in [3.63, 3.8) is 0 Å². The van der Waals surface area contributed by atoms with Crippen molar-refractivity contribution < 1.29 is 0 Å². The van der Waals surface area contributed by atoms with Crippen LogP contribution < -0.4 is 9.80 Å². The van der Waals surface area contributed by atoms with Crippen molar-refractivity contribution in [1.29, 1.82) is 0 Å². The van der Waals surface area contributed by atoms with Gasteiger partial charge in [-0.05, 0) is 128 Å². The minimum absolute atomic E-state index is 0.748. The van der Waals surface area contributed by atoms with Gasteiger partial charge in [0, 0.05) is 33.8 Å². The summed E-state index contributed by atoms with van der Waals surface area (Å²) >= 11 is 0. The normalized spacial score (nSPS) is 12.3. The van der Waals surface area contributed by atoms with Crippen molar-refractivity contribution in [3.05, 3.63) is 301 Å². The number of nitrogens with zero attached hydrogens (tertiary/aromatic N) is 2. The molecule has 0 unspecified atom stereocenters. The van der Waals surface area contributed by atoms with E-state index in [0.717, 1.165) is 34.1 Å². The van der Waals surface area contributed by atoms with Gasteiger partial charge in [-0.15, -0.1) is 0 Å². The number of para-hydroxylation sites is 4. The summed E-state index contributed by atoms with van der Waals surface area (Å²) in [5.41, 5.74) is 18.0. The quantitative estimate of drug-likeness (QED) is 0.135. The molecule has 67 heavy (non-hydrogen) atoms. The predicted molar refractivity (Wildman–Crippen MR) is 281 cm³/mol. The number of benzene rings is 11. The van der Waals surface area contributed by atoms with Crippen LogP contribution in [0.15, 0.2) is 279 Å². The fourth-order valence-corrected chi connectivity index (χ4v) is 10.5. The molecule has 0 aromatic heterocycles. The summed E-state index contributed by atoms with van der Waals surface area (Å²) in [6.07, 6.45) is 0. The monoisotopic (exact) mass is 854 g/mol. The molecule has 12 rings (SSSR count). The van der Waals surface area contributed by atoms with E-state index < -0.39 is 5.41 Å². The Balaban J connectivity index is 1.20. The molecule has 0 saturated carbocycles. The molecule has 11 aromatic carbocycles. The molecular formula is C65H46N2. The highest BCUT2D eigenvalue weighted by atomic mass is 15.1. The highest BCUT2D eigenvalue weighted by Crippen LogP contribution is 2.61. The molecule has 0 bridgehead atoms. The molecule has 0 spiro atoms. The Morgan fingerprint density at radius 2 is 0.627 bits per heavy atom. The average molecular weight is 855 g/mol. The number of hydrogen-bond acceptors (Lipinski definition) is 2. The van der Waals surface area contributed by atoms with Crippen LogP contribution in [0.4, 0.5) is 34.1 Å². The van der Waals surface area contributed by atoms with E-state index in [-0.39, 0.29) is 0 Å². The molecule has 1 aliphatic carbocycles. The maximum Gasteiger partial charge on any atom is 0.0715 e. The Bertz CT molecular complexity index is 3300. The molecule has 0 atom stereocenters. The van der Waals surface area contributed by atoms with Crippen LogP contribution in [-0.2, 0) is 5.41 Å². The zero-order valence-corrected chi connectivity index (χ0v) is 37.0. The van der Waals surface area contributed by atoms with E-state index in [9.17, 15) is 0 Å². The third kappa shape index (κ3) is 6.90. The van der Waals surface area contributed by atoms with Crippen molar-refractivity contribution in [2.45, 2.75) is 5.41 Å². The van der Waals surface area contributed by atoms with Gasteiger partial charge in [0.1, 0.15) is 0 Å². The second-order valence-corrected chi connectivity index (χ2v) is 17.2. The van der Waals surface area contributed by atoms with E-state index in [1.54, 1.807) is 0 Å². The first-order chi connectivity index (χ1) is 33.3. The summed E-state index contributed by atoms with van der Waals surface area (Å²) in [6, 6.07) is 102. The van der Waals surface area contributed by atoms with Crippen LogP contribution in [0, 0.1) is 0 Å². The molecule has 0 saturated heterocycles. The van der Waals surface area contributed by atoms with Gasteiger partial charge >= 0.3 is 0 Å². The first kappa shape index (κ1) is 39.8. The minimum Gasteiger partial charge on any atom is -0.310 e. The van der Waals surface area contributed by atoms with Crippen molar-refractivity contribution in [1.82, 2.24) is 0 Å². The second kappa shape index (κ2) is 17.0. The molecule has 1 aliphatic rings. The van der Waals surface area contributed by atoms with Gasteiger partial charge in [0.05, 0.1) is 11.1 Å². The summed E-state index contributed by atoms with van der Waals surface area (Å²) in [5.74, 6) is 0. The van der Waals surface area contributed by atoms with Gasteiger partial charge in [0.25, 0.3) is 0 Å². The van der Waals surface area contributed by atoms with E-state index in [1.807, 2.05) is 0 Å². The molecule has 316 valence electrons. The topological polar surface area (TPSA) is 6.48 Å². The Kier molecular flexibility index (Phi) is 10.1. The summed E-state index contributed by atoms with van der Waals surface area (Å²) in [5, 5.41) is 2.40. The van der Waals surface area contributed by atoms with Crippen molar-refractivity contribution in [2.24, 2.45) is 0 Å². The van der Waals surface area contributed by atoms with Gasteiger partial charge in [-0.2, -0.15) is 0 Å². The standard InChI is InChI=1S/C65H46N2/c1-7-21-47(22-8-1)49-35-39-51(40-36-49)65(52-41-37-50(38-42-52)48-23-9-2-10-24-48)61-45-57(66(53-25-11-3-12-26-53)54-27-13-4-14-28-54)43-44-60(61)64-59-34-20-19-33-58(59)63(46-62(64)65)67(55-29-15-5-16-30-55)56-31-17-6-18-32-56/h1-46H.